The zero-order valence-electron chi connectivity index (χ0n) is 18.4. The highest BCUT2D eigenvalue weighted by atomic mass is 31.1. The fourth-order valence-corrected chi connectivity index (χ4v) is 6.49. The van der Waals surface area contributed by atoms with Crippen LogP contribution in [-0.2, 0) is 10.9 Å². The van der Waals surface area contributed by atoms with Gasteiger partial charge in [0.25, 0.3) is 0 Å². The summed E-state index contributed by atoms with van der Waals surface area (Å²) in [4.78, 5) is 0. The number of benzene rings is 3. The Morgan fingerprint density at radius 2 is 1.64 bits per heavy atom. The van der Waals surface area contributed by atoms with E-state index in [0.717, 1.165) is 35.3 Å². The minimum Gasteiger partial charge on any atom is -0.382 e. The fourth-order valence-electron chi connectivity index (χ4n) is 4.09. The van der Waals surface area contributed by atoms with Crippen molar-refractivity contribution >= 4 is 30.0 Å². The van der Waals surface area contributed by atoms with Crippen molar-refractivity contribution in [2.24, 2.45) is 5.10 Å². The highest BCUT2D eigenvalue weighted by Gasteiger charge is 2.32. The van der Waals surface area contributed by atoms with Gasteiger partial charge in [-0.05, 0) is 48.8 Å². The molecular formula is C26H26F3N2OP. The van der Waals surface area contributed by atoms with Crippen molar-refractivity contribution in [3.63, 3.8) is 0 Å². The molecule has 0 unspecified atom stereocenters. The van der Waals surface area contributed by atoms with Gasteiger partial charge in [0.2, 0.25) is 0 Å². The molecule has 1 saturated heterocycles. The second-order valence-corrected chi connectivity index (χ2v) is 10.1. The highest BCUT2D eigenvalue weighted by molar-refractivity contribution is 7.80. The predicted octanol–water partition coefficient (Wildman–Crippen LogP) is 4.91. The second-order valence-electron chi connectivity index (χ2n) is 7.94. The number of methoxy groups -OCH3 is 1. The maximum atomic E-state index is 13.6. The molecule has 0 saturated carbocycles. The lowest BCUT2D eigenvalue weighted by atomic mass is 10.1. The minimum absolute atomic E-state index is 0.144. The van der Waals surface area contributed by atoms with E-state index < -0.39 is 19.7 Å². The van der Waals surface area contributed by atoms with E-state index in [1.807, 2.05) is 65.7 Å². The summed E-state index contributed by atoms with van der Waals surface area (Å²) in [6.07, 6.45) is -0.877. The summed E-state index contributed by atoms with van der Waals surface area (Å²) in [7, 11) is 0.593. The van der Waals surface area contributed by atoms with Crippen LogP contribution in [0, 0.1) is 0 Å². The Morgan fingerprint density at radius 3 is 2.21 bits per heavy atom. The first kappa shape index (κ1) is 23.5. The average Bonchev–Trinajstić information content (AvgIpc) is 3.26. The molecule has 0 aliphatic carbocycles. The summed E-state index contributed by atoms with van der Waals surface area (Å²) in [6, 6.07) is 24.0. The quantitative estimate of drug-likeness (QED) is 0.362. The van der Waals surface area contributed by atoms with Crippen molar-refractivity contribution in [2.75, 3.05) is 20.3 Å². The van der Waals surface area contributed by atoms with Crippen LogP contribution in [0.4, 0.5) is 13.2 Å². The van der Waals surface area contributed by atoms with Crippen LogP contribution < -0.4 is 15.9 Å². The van der Waals surface area contributed by atoms with Crippen LogP contribution in [0.25, 0.3) is 0 Å². The molecule has 1 aliphatic rings. The van der Waals surface area contributed by atoms with Gasteiger partial charge in [0.05, 0.1) is 24.4 Å². The van der Waals surface area contributed by atoms with Crippen molar-refractivity contribution in [1.29, 1.82) is 0 Å². The van der Waals surface area contributed by atoms with E-state index in [1.54, 1.807) is 19.4 Å². The first-order valence-electron chi connectivity index (χ1n) is 10.9. The van der Waals surface area contributed by atoms with E-state index in [0.29, 0.717) is 12.2 Å². The van der Waals surface area contributed by atoms with Gasteiger partial charge in [0.15, 0.2) is 0 Å². The minimum atomic E-state index is -4.42. The molecule has 0 bridgehead atoms. The molecule has 33 heavy (non-hydrogen) atoms. The molecule has 0 N–H and O–H groups in total. The van der Waals surface area contributed by atoms with Crippen LogP contribution in [0.3, 0.4) is 0 Å². The molecule has 1 fully saturated rings. The number of nitrogens with zero attached hydrogens (tertiary/aromatic N) is 2. The lowest BCUT2D eigenvalue weighted by molar-refractivity contribution is -0.137. The number of rotatable bonds is 7. The summed E-state index contributed by atoms with van der Waals surface area (Å²) in [5.74, 6) is 0. The summed E-state index contributed by atoms with van der Waals surface area (Å²) in [5, 5.41) is 9.55. The molecule has 0 radical (unpaired) electrons. The Hall–Kier alpha value is -2.69. The van der Waals surface area contributed by atoms with Crippen molar-refractivity contribution in [2.45, 2.75) is 25.1 Å². The number of hydrogen-bond donors (Lipinski definition) is 0. The monoisotopic (exact) mass is 470 g/mol. The Balaban J connectivity index is 1.81. The van der Waals surface area contributed by atoms with Gasteiger partial charge in [-0.1, -0.05) is 66.7 Å². The zero-order valence-corrected chi connectivity index (χ0v) is 19.3. The molecule has 1 heterocycles. The highest BCUT2D eigenvalue weighted by Crippen LogP contribution is 2.36. The molecule has 1 aliphatic heterocycles. The Labute approximate surface area is 193 Å². The third-order valence-electron chi connectivity index (χ3n) is 5.67. The summed E-state index contributed by atoms with van der Waals surface area (Å²) >= 11 is 0. The molecular weight excluding hydrogens is 444 g/mol. The van der Waals surface area contributed by atoms with Crippen LogP contribution in [0.15, 0.2) is 84.0 Å². The van der Waals surface area contributed by atoms with Gasteiger partial charge >= 0.3 is 6.18 Å². The Kier molecular flexibility index (Phi) is 7.46. The Bertz CT molecular complexity index is 1030. The van der Waals surface area contributed by atoms with Gasteiger partial charge in [-0.15, -0.1) is 0 Å². The topological polar surface area (TPSA) is 24.8 Å². The van der Waals surface area contributed by atoms with Crippen molar-refractivity contribution in [3.8, 4) is 0 Å². The summed E-state index contributed by atoms with van der Waals surface area (Å²) in [6.45, 7) is 1.32. The van der Waals surface area contributed by atoms with E-state index in [-0.39, 0.29) is 6.04 Å². The number of alkyl halides is 3. The van der Waals surface area contributed by atoms with Crippen molar-refractivity contribution < 1.29 is 17.9 Å². The van der Waals surface area contributed by atoms with Gasteiger partial charge < -0.3 is 4.74 Å². The molecule has 7 heteroatoms. The van der Waals surface area contributed by atoms with Crippen LogP contribution in [-0.4, -0.2) is 37.5 Å². The van der Waals surface area contributed by atoms with Crippen LogP contribution in [0.2, 0.25) is 0 Å². The van der Waals surface area contributed by atoms with E-state index in [9.17, 15) is 13.2 Å². The second kappa shape index (κ2) is 10.5. The van der Waals surface area contributed by atoms with E-state index in [1.165, 1.54) is 12.1 Å². The molecule has 3 nitrogen and oxygen atoms in total. The summed E-state index contributed by atoms with van der Waals surface area (Å²) < 4.78 is 46.0. The van der Waals surface area contributed by atoms with Crippen molar-refractivity contribution in [3.05, 3.63) is 90.0 Å². The fraction of sp³-hybridized carbons (Fsp3) is 0.269. The maximum Gasteiger partial charge on any atom is 0.416 e. The summed E-state index contributed by atoms with van der Waals surface area (Å²) in [5.41, 5.74) is -0.176. The van der Waals surface area contributed by atoms with Gasteiger partial charge in [-0.2, -0.15) is 18.3 Å². The zero-order chi connectivity index (χ0) is 23.3. The van der Waals surface area contributed by atoms with Gasteiger partial charge in [0.1, 0.15) is 0 Å². The Morgan fingerprint density at radius 1 is 1.00 bits per heavy atom. The third kappa shape index (κ3) is 5.63. The molecule has 1 atom stereocenters. The van der Waals surface area contributed by atoms with Gasteiger partial charge in [-0.25, -0.2) is 0 Å². The molecule has 0 aromatic heterocycles. The molecule has 3 aromatic rings. The lowest BCUT2D eigenvalue weighted by Gasteiger charge is -2.23. The van der Waals surface area contributed by atoms with E-state index in [4.69, 9.17) is 4.74 Å². The standard InChI is InChI=1S/C26H26F3N2OP/c1-32-19-22-9-8-16-31(22)30-18-20-17-21(26(27,28)29)14-15-25(20)33(23-10-4-2-5-11-23)24-12-6-3-7-13-24/h2-7,10-15,17-18,22H,8-9,16,19H2,1H3/b30-18+/t22-/m0/s1. The number of halogens is 3. The average molecular weight is 470 g/mol. The van der Waals surface area contributed by atoms with Crippen LogP contribution in [0.5, 0.6) is 0 Å². The van der Waals surface area contributed by atoms with Crippen molar-refractivity contribution in [1.82, 2.24) is 5.01 Å². The van der Waals surface area contributed by atoms with E-state index >= 15 is 0 Å². The number of hydrogen-bond acceptors (Lipinski definition) is 3. The van der Waals surface area contributed by atoms with Crippen LogP contribution >= 0.6 is 7.92 Å². The molecule has 3 aromatic carbocycles. The van der Waals surface area contributed by atoms with Gasteiger partial charge in [-0.3, -0.25) is 5.01 Å². The smallest absolute Gasteiger partial charge is 0.382 e. The normalized spacial score (nSPS) is 16.8. The maximum absolute atomic E-state index is 13.6. The SMILES string of the molecule is COC[C@@H]1CCCN1/N=C/c1cc(C(F)(F)F)ccc1P(c1ccccc1)c1ccccc1. The molecule has 0 spiro atoms. The van der Waals surface area contributed by atoms with Gasteiger partial charge in [0, 0.05) is 19.2 Å². The third-order valence-corrected chi connectivity index (χ3v) is 8.19. The lowest BCUT2D eigenvalue weighted by Crippen LogP contribution is -2.29. The number of hydrazone groups is 1. The van der Waals surface area contributed by atoms with Crippen LogP contribution in [0.1, 0.15) is 24.0 Å². The molecule has 0 amide bonds. The first-order valence-corrected chi connectivity index (χ1v) is 12.2. The molecule has 4 rings (SSSR count). The largest absolute Gasteiger partial charge is 0.416 e. The van der Waals surface area contributed by atoms with E-state index in [2.05, 4.69) is 5.10 Å². The number of ether oxygens (including phenoxy) is 1. The molecule has 172 valence electrons. The predicted molar refractivity (Wildman–Crippen MR) is 129 cm³/mol. The first-order chi connectivity index (χ1) is 16.0.